The maximum Gasteiger partial charge on any atom is 0.330 e. The monoisotopic (exact) mass is 224 g/mol. The van der Waals surface area contributed by atoms with Crippen LogP contribution in [0.5, 0.6) is 0 Å². The van der Waals surface area contributed by atoms with Crippen molar-refractivity contribution >= 4 is 5.97 Å². The Balaban J connectivity index is 2.46. The molecule has 1 saturated carbocycles. The Hall–Kier alpha value is -0.790. The lowest BCUT2D eigenvalue weighted by molar-refractivity contribution is -0.146. The zero-order valence-electron chi connectivity index (χ0n) is 10.4. The van der Waals surface area contributed by atoms with Crippen molar-refractivity contribution in [2.75, 3.05) is 0 Å². The molecular formula is C14H24O2. The Morgan fingerprint density at radius 2 is 2.12 bits per heavy atom. The third-order valence-electron chi connectivity index (χ3n) is 3.45. The second-order valence-corrected chi connectivity index (χ2v) is 4.72. The highest BCUT2D eigenvalue weighted by atomic mass is 16.5. The summed E-state index contributed by atoms with van der Waals surface area (Å²) in [6, 6.07) is 0. The van der Waals surface area contributed by atoms with Crippen LogP contribution in [0.2, 0.25) is 0 Å². The number of carbonyl (C=O) groups is 1. The second-order valence-electron chi connectivity index (χ2n) is 4.72. The minimum Gasteiger partial charge on any atom is -0.459 e. The number of hydrogen-bond donors (Lipinski definition) is 0. The molecule has 0 aromatic rings. The first kappa shape index (κ1) is 13.3. The van der Waals surface area contributed by atoms with Gasteiger partial charge in [-0.3, -0.25) is 0 Å². The van der Waals surface area contributed by atoms with Crippen LogP contribution in [-0.2, 0) is 9.53 Å². The molecule has 16 heavy (non-hydrogen) atoms. The zero-order chi connectivity index (χ0) is 11.8. The Morgan fingerprint density at radius 3 is 2.69 bits per heavy atom. The number of carbonyl (C=O) groups excluding carboxylic acids is 1. The van der Waals surface area contributed by atoms with E-state index in [0.717, 1.165) is 19.3 Å². The van der Waals surface area contributed by atoms with Crippen LogP contribution < -0.4 is 0 Å². The summed E-state index contributed by atoms with van der Waals surface area (Å²) in [6.45, 7) is 5.64. The lowest BCUT2D eigenvalue weighted by Crippen LogP contribution is -2.28. The molecule has 0 N–H and O–H groups in total. The normalized spacial score (nSPS) is 19.1. The van der Waals surface area contributed by atoms with E-state index in [4.69, 9.17) is 4.74 Å². The molecule has 0 aromatic carbocycles. The summed E-state index contributed by atoms with van der Waals surface area (Å²) in [4.78, 5) is 11.3. The van der Waals surface area contributed by atoms with Crippen LogP contribution >= 0.6 is 0 Å². The van der Waals surface area contributed by atoms with E-state index in [9.17, 15) is 4.79 Å². The third kappa shape index (κ3) is 4.38. The average molecular weight is 224 g/mol. The molecule has 92 valence electrons. The molecule has 0 aromatic heterocycles. The van der Waals surface area contributed by atoms with Crippen molar-refractivity contribution in [3.8, 4) is 0 Å². The summed E-state index contributed by atoms with van der Waals surface area (Å²) in [6.07, 6.45) is 11.1. The minimum absolute atomic E-state index is 0.130. The standard InChI is InChI=1S/C14H24O2/c1-3-5-11-13(16-14(15)4-2)12-9-7-6-8-10-12/h4,12-13H,2-3,5-11H2,1H3. The molecule has 0 radical (unpaired) electrons. The van der Waals surface area contributed by atoms with Crippen molar-refractivity contribution in [2.24, 2.45) is 5.92 Å². The summed E-state index contributed by atoms with van der Waals surface area (Å²) < 4.78 is 5.48. The lowest BCUT2D eigenvalue weighted by Gasteiger charge is -2.29. The average Bonchev–Trinajstić information content (AvgIpc) is 2.35. The van der Waals surface area contributed by atoms with E-state index in [1.807, 2.05) is 0 Å². The van der Waals surface area contributed by atoms with Gasteiger partial charge in [-0.2, -0.15) is 0 Å². The molecule has 1 aliphatic carbocycles. The van der Waals surface area contributed by atoms with E-state index in [1.54, 1.807) is 0 Å². The van der Waals surface area contributed by atoms with E-state index in [0.29, 0.717) is 5.92 Å². The predicted octanol–water partition coefficient (Wildman–Crippen LogP) is 3.85. The zero-order valence-corrected chi connectivity index (χ0v) is 10.4. The van der Waals surface area contributed by atoms with Crippen molar-refractivity contribution in [3.05, 3.63) is 12.7 Å². The summed E-state index contributed by atoms with van der Waals surface area (Å²) in [5.74, 6) is 0.330. The molecule has 0 saturated heterocycles. The minimum atomic E-state index is -0.258. The molecule has 0 spiro atoms. The van der Waals surface area contributed by atoms with Gasteiger partial charge in [-0.25, -0.2) is 4.79 Å². The molecular weight excluding hydrogens is 200 g/mol. The highest BCUT2D eigenvalue weighted by molar-refractivity contribution is 5.81. The van der Waals surface area contributed by atoms with E-state index in [-0.39, 0.29) is 12.1 Å². The van der Waals surface area contributed by atoms with Gasteiger partial charge in [-0.1, -0.05) is 45.6 Å². The number of unbranched alkanes of at least 4 members (excludes halogenated alkanes) is 1. The van der Waals surface area contributed by atoms with Crippen molar-refractivity contribution < 1.29 is 9.53 Å². The fourth-order valence-corrected chi connectivity index (χ4v) is 2.50. The maximum atomic E-state index is 11.3. The molecule has 0 amide bonds. The summed E-state index contributed by atoms with van der Waals surface area (Å²) in [5.41, 5.74) is 0. The third-order valence-corrected chi connectivity index (χ3v) is 3.45. The summed E-state index contributed by atoms with van der Waals surface area (Å²) >= 11 is 0. The molecule has 1 unspecified atom stereocenters. The highest BCUT2D eigenvalue weighted by Gasteiger charge is 2.25. The molecule has 1 aliphatic rings. The lowest BCUT2D eigenvalue weighted by atomic mass is 9.83. The summed E-state index contributed by atoms with van der Waals surface area (Å²) in [7, 11) is 0. The second kappa shape index (κ2) is 7.48. The fourth-order valence-electron chi connectivity index (χ4n) is 2.50. The van der Waals surface area contributed by atoms with Crippen molar-refractivity contribution in [1.29, 1.82) is 0 Å². The van der Waals surface area contributed by atoms with Crippen molar-refractivity contribution in [2.45, 2.75) is 64.4 Å². The molecule has 2 nitrogen and oxygen atoms in total. The van der Waals surface area contributed by atoms with Crippen LogP contribution in [0.1, 0.15) is 58.3 Å². The first-order chi connectivity index (χ1) is 7.77. The molecule has 1 rings (SSSR count). The Bertz CT molecular complexity index is 217. The van der Waals surface area contributed by atoms with Crippen LogP contribution in [-0.4, -0.2) is 12.1 Å². The van der Waals surface area contributed by atoms with Gasteiger partial charge in [0.15, 0.2) is 0 Å². The molecule has 0 aliphatic heterocycles. The topological polar surface area (TPSA) is 26.3 Å². The highest BCUT2D eigenvalue weighted by Crippen LogP contribution is 2.30. The van der Waals surface area contributed by atoms with Crippen LogP contribution in [0.3, 0.4) is 0 Å². The van der Waals surface area contributed by atoms with Crippen molar-refractivity contribution in [3.63, 3.8) is 0 Å². The first-order valence-corrected chi connectivity index (χ1v) is 6.61. The summed E-state index contributed by atoms with van der Waals surface area (Å²) in [5, 5.41) is 0. The van der Waals surface area contributed by atoms with Crippen LogP contribution in [0.4, 0.5) is 0 Å². The van der Waals surface area contributed by atoms with E-state index < -0.39 is 0 Å². The SMILES string of the molecule is C=CC(=O)OC(CCCC)C1CCCCC1. The van der Waals surface area contributed by atoms with Gasteiger partial charge < -0.3 is 4.74 Å². The first-order valence-electron chi connectivity index (χ1n) is 6.61. The Morgan fingerprint density at radius 1 is 1.44 bits per heavy atom. The Kier molecular flexibility index (Phi) is 6.20. The fraction of sp³-hybridized carbons (Fsp3) is 0.786. The number of rotatable bonds is 6. The largest absolute Gasteiger partial charge is 0.459 e. The molecule has 1 atom stereocenters. The molecule has 2 heteroatoms. The van der Waals surface area contributed by atoms with Gasteiger partial charge >= 0.3 is 5.97 Å². The van der Waals surface area contributed by atoms with Gasteiger partial charge in [0.25, 0.3) is 0 Å². The van der Waals surface area contributed by atoms with E-state index in [2.05, 4.69) is 13.5 Å². The number of ether oxygens (including phenoxy) is 1. The van der Waals surface area contributed by atoms with E-state index in [1.165, 1.54) is 38.2 Å². The van der Waals surface area contributed by atoms with Gasteiger partial charge in [0.1, 0.15) is 6.10 Å². The van der Waals surface area contributed by atoms with Gasteiger partial charge in [0.05, 0.1) is 0 Å². The number of esters is 1. The predicted molar refractivity (Wildman–Crippen MR) is 66.2 cm³/mol. The Labute approximate surface area is 99.1 Å². The van der Waals surface area contributed by atoms with Gasteiger partial charge in [-0.15, -0.1) is 0 Å². The van der Waals surface area contributed by atoms with Gasteiger partial charge in [0.2, 0.25) is 0 Å². The quantitative estimate of drug-likeness (QED) is 0.506. The van der Waals surface area contributed by atoms with E-state index >= 15 is 0 Å². The van der Waals surface area contributed by atoms with Gasteiger partial charge in [-0.05, 0) is 25.2 Å². The smallest absolute Gasteiger partial charge is 0.330 e. The van der Waals surface area contributed by atoms with Crippen LogP contribution in [0.25, 0.3) is 0 Å². The van der Waals surface area contributed by atoms with Crippen LogP contribution in [0, 0.1) is 5.92 Å². The van der Waals surface area contributed by atoms with Crippen molar-refractivity contribution in [1.82, 2.24) is 0 Å². The van der Waals surface area contributed by atoms with Gasteiger partial charge in [0, 0.05) is 6.08 Å². The molecule has 1 fully saturated rings. The molecule has 0 bridgehead atoms. The molecule has 0 heterocycles. The van der Waals surface area contributed by atoms with Crippen LogP contribution in [0.15, 0.2) is 12.7 Å². The maximum absolute atomic E-state index is 11.3. The number of hydrogen-bond acceptors (Lipinski definition) is 2.